The first-order valence-corrected chi connectivity index (χ1v) is 18.1. The molecule has 0 aromatic heterocycles. The van der Waals surface area contributed by atoms with Crippen molar-refractivity contribution in [3.63, 3.8) is 0 Å². The number of hydrogen-bond donors (Lipinski definition) is 3. The summed E-state index contributed by atoms with van der Waals surface area (Å²) in [5.74, 6) is -0.251. The zero-order valence-electron chi connectivity index (χ0n) is 25.1. The summed E-state index contributed by atoms with van der Waals surface area (Å²) in [6, 6.07) is 0. The van der Waals surface area contributed by atoms with Gasteiger partial charge in [0.05, 0.1) is 18.1 Å². The number of aliphatic hydroxyl groups is 3. The van der Waals surface area contributed by atoms with Crippen LogP contribution in [0.1, 0.15) is 142 Å². The largest absolute Gasteiger partial charge is 0.394 e. The maximum Gasteiger partial charge on any atom is 0.152 e. The highest BCUT2D eigenvalue weighted by Crippen LogP contribution is 2.23. The monoisotopic (exact) mass is 578 g/mol. The van der Waals surface area contributed by atoms with Crippen LogP contribution in [0, 0.1) is 0 Å². The summed E-state index contributed by atoms with van der Waals surface area (Å²) in [6.07, 6.45) is 21.8. The first-order chi connectivity index (χ1) is 18.9. The number of hydrogen-bond acceptors (Lipinski definition) is 7. The van der Waals surface area contributed by atoms with Gasteiger partial charge in [0.2, 0.25) is 0 Å². The molecule has 7 nitrogen and oxygen atoms in total. The molecule has 0 aliphatic carbocycles. The van der Waals surface area contributed by atoms with Gasteiger partial charge in [-0.15, -0.1) is 0 Å². The molecule has 1 aliphatic heterocycles. The Kier molecular flexibility index (Phi) is 23.0. The van der Waals surface area contributed by atoms with Gasteiger partial charge in [-0.2, -0.15) is 0 Å². The second kappa shape index (κ2) is 24.4. The second-order valence-electron chi connectivity index (χ2n) is 11.7. The van der Waals surface area contributed by atoms with Gasteiger partial charge < -0.3 is 24.8 Å². The molecule has 0 spiro atoms. The van der Waals surface area contributed by atoms with E-state index in [4.69, 9.17) is 14.6 Å². The minimum atomic E-state index is -3.37. The van der Waals surface area contributed by atoms with Crippen LogP contribution >= 0.6 is 0 Å². The molecule has 1 fully saturated rings. The topological polar surface area (TPSA) is 113 Å². The molecule has 0 bridgehead atoms. The number of ether oxygens (including phenoxy) is 2. The van der Waals surface area contributed by atoms with E-state index in [-0.39, 0.29) is 11.5 Å². The lowest BCUT2D eigenvalue weighted by Crippen LogP contribution is -2.36. The molecular formula is C31H62O7S. The summed E-state index contributed by atoms with van der Waals surface area (Å²) in [7, 11) is -3.37. The average molecular weight is 579 g/mol. The van der Waals surface area contributed by atoms with Crippen LogP contribution < -0.4 is 0 Å². The molecule has 0 unspecified atom stereocenters. The van der Waals surface area contributed by atoms with E-state index in [1.54, 1.807) is 0 Å². The Morgan fingerprint density at radius 2 is 0.974 bits per heavy atom. The Balaban J connectivity index is 1.79. The standard InChI is InChI=1S/C31H62O7S/c1-2-3-4-5-6-7-8-9-10-11-14-17-20-23-37-24-21-18-15-12-13-16-19-22-25-39(35,36)27-29-31(34)30(33)28(26-32)38-29/h28-34H,2-27H2,1H3/t28-,29+,30-,31-/m1/s1. The molecule has 1 saturated heterocycles. The molecule has 234 valence electrons. The van der Waals surface area contributed by atoms with Gasteiger partial charge in [-0.25, -0.2) is 8.42 Å². The summed E-state index contributed by atoms with van der Waals surface area (Å²) >= 11 is 0. The normalized spacial score (nSPS) is 21.6. The van der Waals surface area contributed by atoms with Gasteiger partial charge in [0.25, 0.3) is 0 Å². The lowest BCUT2D eigenvalue weighted by atomic mass is 10.0. The quantitative estimate of drug-likeness (QED) is 0.0960. The molecule has 1 aliphatic rings. The summed E-state index contributed by atoms with van der Waals surface area (Å²) in [5.41, 5.74) is 0. The van der Waals surface area contributed by atoms with Crippen molar-refractivity contribution in [3.8, 4) is 0 Å². The van der Waals surface area contributed by atoms with Crippen molar-refractivity contribution < 1.29 is 33.2 Å². The molecule has 0 amide bonds. The Labute approximate surface area is 240 Å². The van der Waals surface area contributed by atoms with Gasteiger partial charge in [0.15, 0.2) is 9.84 Å². The van der Waals surface area contributed by atoms with Crippen LogP contribution in [0.2, 0.25) is 0 Å². The van der Waals surface area contributed by atoms with Crippen LogP contribution in [0.15, 0.2) is 0 Å². The second-order valence-corrected chi connectivity index (χ2v) is 13.9. The third-order valence-corrected chi connectivity index (χ3v) is 9.69. The van der Waals surface area contributed by atoms with Crippen LogP contribution in [-0.4, -0.2) is 79.5 Å². The Hall–Kier alpha value is -0.250. The van der Waals surface area contributed by atoms with Crippen LogP contribution in [0.4, 0.5) is 0 Å². The summed E-state index contributed by atoms with van der Waals surface area (Å²) < 4.78 is 35.7. The minimum absolute atomic E-state index is 0.0655. The maximum atomic E-state index is 12.3. The molecule has 4 atom stereocenters. The smallest absolute Gasteiger partial charge is 0.152 e. The van der Waals surface area contributed by atoms with E-state index in [0.29, 0.717) is 6.42 Å². The molecule has 0 aromatic rings. The van der Waals surface area contributed by atoms with E-state index in [1.165, 1.54) is 103 Å². The highest BCUT2D eigenvalue weighted by molar-refractivity contribution is 7.91. The fourth-order valence-corrected chi connectivity index (χ4v) is 6.95. The molecule has 0 aromatic carbocycles. The van der Waals surface area contributed by atoms with Gasteiger partial charge in [-0.3, -0.25) is 0 Å². The minimum Gasteiger partial charge on any atom is -0.394 e. The fraction of sp³-hybridized carbons (Fsp3) is 1.00. The molecular weight excluding hydrogens is 516 g/mol. The first-order valence-electron chi connectivity index (χ1n) is 16.3. The van der Waals surface area contributed by atoms with Crippen molar-refractivity contribution in [1.29, 1.82) is 0 Å². The zero-order chi connectivity index (χ0) is 28.6. The lowest BCUT2D eigenvalue weighted by molar-refractivity contribution is -0.0165. The first kappa shape index (κ1) is 36.8. The van der Waals surface area contributed by atoms with Crippen LogP contribution in [0.25, 0.3) is 0 Å². The highest BCUT2D eigenvalue weighted by Gasteiger charge is 2.43. The van der Waals surface area contributed by atoms with Gasteiger partial charge in [0.1, 0.15) is 24.4 Å². The molecule has 0 radical (unpaired) electrons. The van der Waals surface area contributed by atoms with E-state index in [1.807, 2.05) is 0 Å². The Morgan fingerprint density at radius 1 is 0.590 bits per heavy atom. The number of unbranched alkanes of at least 4 members (excludes halogenated alkanes) is 19. The molecule has 0 saturated carbocycles. The SMILES string of the molecule is CCCCCCCCCCCCCCCOCCCCCCCCCCS(=O)(=O)C[C@@H]1O[C@H](CO)[C@@H](O)[C@@H]1O. The third kappa shape index (κ3) is 19.5. The predicted molar refractivity (Wildman–Crippen MR) is 160 cm³/mol. The van der Waals surface area contributed by atoms with Crippen molar-refractivity contribution >= 4 is 9.84 Å². The Morgan fingerprint density at radius 3 is 1.38 bits per heavy atom. The molecule has 3 N–H and O–H groups in total. The van der Waals surface area contributed by atoms with Crippen molar-refractivity contribution in [3.05, 3.63) is 0 Å². The summed E-state index contributed by atoms with van der Waals surface area (Å²) in [5, 5.41) is 28.8. The van der Waals surface area contributed by atoms with E-state index >= 15 is 0 Å². The van der Waals surface area contributed by atoms with Crippen LogP contribution in [-0.2, 0) is 19.3 Å². The highest BCUT2D eigenvalue weighted by atomic mass is 32.2. The number of sulfone groups is 1. The van der Waals surface area contributed by atoms with Crippen molar-refractivity contribution in [2.24, 2.45) is 0 Å². The summed E-state index contributed by atoms with van der Waals surface area (Å²) in [6.45, 7) is 3.60. The molecule has 39 heavy (non-hydrogen) atoms. The van der Waals surface area contributed by atoms with E-state index in [9.17, 15) is 18.6 Å². The van der Waals surface area contributed by atoms with Crippen molar-refractivity contribution in [2.45, 2.75) is 166 Å². The van der Waals surface area contributed by atoms with E-state index < -0.39 is 40.9 Å². The Bertz CT molecular complexity index is 643. The lowest BCUT2D eigenvalue weighted by Gasteiger charge is -2.14. The van der Waals surface area contributed by atoms with Gasteiger partial charge in [-0.1, -0.05) is 122 Å². The predicted octanol–water partition coefficient (Wildman–Crippen LogP) is 6.11. The van der Waals surface area contributed by atoms with Crippen molar-refractivity contribution in [2.75, 3.05) is 31.3 Å². The third-order valence-electron chi connectivity index (χ3n) is 7.95. The summed E-state index contributed by atoms with van der Waals surface area (Å²) in [4.78, 5) is 0. The maximum absolute atomic E-state index is 12.3. The van der Waals surface area contributed by atoms with Crippen LogP contribution in [0.5, 0.6) is 0 Å². The molecule has 1 rings (SSSR count). The van der Waals surface area contributed by atoms with Crippen molar-refractivity contribution in [1.82, 2.24) is 0 Å². The van der Waals surface area contributed by atoms with Gasteiger partial charge in [-0.05, 0) is 19.3 Å². The average Bonchev–Trinajstić information content (AvgIpc) is 3.18. The molecule has 8 heteroatoms. The number of aliphatic hydroxyl groups excluding tert-OH is 3. The van der Waals surface area contributed by atoms with E-state index in [0.717, 1.165) is 38.9 Å². The zero-order valence-corrected chi connectivity index (χ0v) is 25.9. The molecule has 1 heterocycles. The van der Waals surface area contributed by atoms with E-state index in [2.05, 4.69) is 6.92 Å². The van der Waals surface area contributed by atoms with Gasteiger partial charge in [0, 0.05) is 13.2 Å². The van der Waals surface area contributed by atoms with Crippen LogP contribution in [0.3, 0.4) is 0 Å². The number of rotatable bonds is 28. The van der Waals surface area contributed by atoms with Gasteiger partial charge >= 0.3 is 0 Å². The fourth-order valence-electron chi connectivity index (χ4n) is 5.36.